The van der Waals surface area contributed by atoms with Crippen LogP contribution in [0.2, 0.25) is 0 Å². The Morgan fingerprint density at radius 2 is 1.00 bits per heavy atom. The maximum atomic E-state index is 9.33. The number of hydrogen-bond donors (Lipinski definition) is 3. The fourth-order valence-electron chi connectivity index (χ4n) is 1.08. The highest BCUT2D eigenvalue weighted by Gasteiger charge is 2.12. The molecule has 0 aliphatic carbocycles. The first kappa shape index (κ1) is 22.5. The van der Waals surface area contributed by atoms with Gasteiger partial charge < -0.3 is 24.1 Å². The lowest BCUT2D eigenvalue weighted by atomic mass is 10.4. The van der Waals surface area contributed by atoms with Crippen LogP contribution in [0.4, 0.5) is 0 Å². The Morgan fingerprint density at radius 3 is 1.22 bits per heavy atom. The van der Waals surface area contributed by atoms with Gasteiger partial charge in [-0.1, -0.05) is 36.4 Å². The van der Waals surface area contributed by atoms with E-state index in [1.165, 1.54) is 7.14 Å². The molecule has 6 nitrogen and oxygen atoms in total. The minimum absolute atomic E-state index is 0.0287. The van der Waals surface area contributed by atoms with Crippen molar-refractivity contribution in [3.63, 3.8) is 0 Å². The normalized spacial score (nSPS) is 12.8. The second kappa shape index (κ2) is 11.1. The fourth-order valence-corrected chi connectivity index (χ4v) is 3.35. The van der Waals surface area contributed by atoms with Crippen molar-refractivity contribution in [2.75, 3.05) is 13.3 Å². The van der Waals surface area contributed by atoms with Crippen LogP contribution >= 0.6 is 15.2 Å². The lowest BCUT2D eigenvalue weighted by Crippen LogP contribution is -3.61. The molecule has 0 amide bonds. The molecule has 2 aromatic carbocycles. The summed E-state index contributed by atoms with van der Waals surface area (Å²) in [6.45, 7) is 1.60. The third kappa shape index (κ3) is 21.5. The molecule has 0 heterocycles. The van der Waals surface area contributed by atoms with E-state index in [-0.39, 0.29) is 21.2 Å². The summed E-state index contributed by atoms with van der Waals surface area (Å²) in [4.78, 5) is 32.0. The van der Waals surface area contributed by atoms with Gasteiger partial charge >= 0.3 is 28.8 Å². The molecule has 0 saturated heterocycles. The minimum Gasteiger partial charge on any atom is -0.779 e. The van der Waals surface area contributed by atoms with Crippen molar-refractivity contribution in [1.82, 2.24) is 0 Å². The van der Waals surface area contributed by atoms with Crippen molar-refractivity contribution < 1.29 is 49.9 Å². The summed E-state index contributed by atoms with van der Waals surface area (Å²) in [5.41, 5.74) is 0. The van der Waals surface area contributed by atoms with E-state index in [0.717, 1.165) is 13.3 Å². The van der Waals surface area contributed by atoms with Gasteiger partial charge in [-0.25, -0.2) is 0 Å². The van der Waals surface area contributed by atoms with Gasteiger partial charge in [0.15, 0.2) is 7.14 Å². The summed E-state index contributed by atoms with van der Waals surface area (Å²) >= 11 is 0.0287. The van der Waals surface area contributed by atoms with Crippen molar-refractivity contribution in [1.29, 1.82) is 0 Å². The number of rotatable bonds is 2. The quantitative estimate of drug-likeness (QED) is 0.373. The van der Waals surface area contributed by atoms with Crippen LogP contribution in [0.15, 0.2) is 60.7 Å². The van der Waals surface area contributed by atoms with Crippen LogP contribution in [0, 0.1) is 7.14 Å². The zero-order valence-electron chi connectivity index (χ0n) is 12.6. The average Bonchev–Trinajstić information content (AvgIpc) is 2.37. The van der Waals surface area contributed by atoms with Gasteiger partial charge in [-0.2, -0.15) is 0 Å². The SMILES string of the molecule is CP(=O)(O)O.CP(=O)([O-])O.c1ccc([I+]c2ccccc2)cc1. The van der Waals surface area contributed by atoms with Crippen molar-refractivity contribution >= 4 is 15.2 Å². The van der Waals surface area contributed by atoms with E-state index >= 15 is 0 Å². The van der Waals surface area contributed by atoms with Crippen LogP contribution in [-0.4, -0.2) is 28.0 Å². The Balaban J connectivity index is 0.000000406. The highest BCUT2D eigenvalue weighted by Crippen LogP contribution is 2.26. The predicted molar refractivity (Wildman–Crippen MR) is 84.0 cm³/mol. The first-order valence-corrected chi connectivity index (χ1v) is 12.5. The van der Waals surface area contributed by atoms with Gasteiger partial charge in [-0.05, 0) is 24.3 Å². The van der Waals surface area contributed by atoms with Gasteiger partial charge in [0.05, 0.1) is 0 Å². The zero-order chi connectivity index (χ0) is 17.9. The van der Waals surface area contributed by atoms with Crippen molar-refractivity contribution in [3.05, 3.63) is 67.8 Å². The maximum Gasteiger partial charge on any atom is 0.357 e. The molecule has 0 fully saturated rings. The van der Waals surface area contributed by atoms with Gasteiger partial charge in [0.25, 0.3) is 0 Å². The molecule has 0 aliphatic rings. The number of halogens is 1. The van der Waals surface area contributed by atoms with Crippen LogP contribution in [0.1, 0.15) is 0 Å². The van der Waals surface area contributed by atoms with Gasteiger partial charge in [-0.15, -0.1) is 0 Å². The van der Waals surface area contributed by atoms with Crippen molar-refractivity contribution in [3.8, 4) is 0 Å². The maximum absolute atomic E-state index is 9.33. The molecule has 0 radical (unpaired) electrons. The second-order valence-corrected chi connectivity index (χ2v) is 10.6. The summed E-state index contributed by atoms with van der Waals surface area (Å²) < 4.78 is 21.5. The molecule has 1 atom stereocenters. The standard InChI is InChI=1S/C12H10I.2CH5O3P/c1-3-7-11(8-4-1)13-12-9-5-2-6-10-12;2*1-5(2,3)4/h1-10H;2*1H3,(H2,2,3,4)/q+1;;/p-1. The molecule has 0 saturated carbocycles. The van der Waals surface area contributed by atoms with E-state index in [1.807, 2.05) is 0 Å². The van der Waals surface area contributed by atoms with E-state index in [4.69, 9.17) is 14.7 Å². The Morgan fingerprint density at radius 1 is 0.783 bits per heavy atom. The van der Waals surface area contributed by atoms with E-state index in [0.29, 0.717) is 0 Å². The molecule has 23 heavy (non-hydrogen) atoms. The smallest absolute Gasteiger partial charge is 0.357 e. The van der Waals surface area contributed by atoms with Gasteiger partial charge in [0.2, 0.25) is 0 Å². The van der Waals surface area contributed by atoms with Crippen LogP contribution in [0.25, 0.3) is 0 Å². The fraction of sp³-hybridized carbons (Fsp3) is 0.143. The van der Waals surface area contributed by atoms with Crippen LogP contribution in [0.5, 0.6) is 0 Å². The van der Waals surface area contributed by atoms with Gasteiger partial charge in [0, 0.05) is 13.3 Å². The van der Waals surface area contributed by atoms with Crippen LogP contribution in [0.3, 0.4) is 0 Å². The molecule has 9 heteroatoms. The van der Waals surface area contributed by atoms with Gasteiger partial charge in [0.1, 0.15) is 7.60 Å². The zero-order valence-corrected chi connectivity index (χ0v) is 16.6. The van der Waals surface area contributed by atoms with Gasteiger partial charge in [-0.3, -0.25) is 4.57 Å². The summed E-state index contributed by atoms with van der Waals surface area (Å²) in [6, 6.07) is 21.4. The highest BCUT2D eigenvalue weighted by atomic mass is 127. The molecule has 0 aliphatic heterocycles. The van der Waals surface area contributed by atoms with E-state index in [2.05, 4.69) is 60.7 Å². The molecule has 0 spiro atoms. The largest absolute Gasteiger partial charge is 0.779 e. The Hall–Kier alpha value is -0.530. The lowest BCUT2D eigenvalue weighted by Gasteiger charge is -2.04. The summed E-state index contributed by atoms with van der Waals surface area (Å²) in [7, 11) is -7.53. The van der Waals surface area contributed by atoms with Crippen molar-refractivity contribution in [2.24, 2.45) is 0 Å². The molecule has 1 unspecified atom stereocenters. The highest BCUT2D eigenvalue weighted by molar-refractivity contribution is 7.50. The predicted octanol–water partition coefficient (Wildman–Crippen LogP) is -1.23. The van der Waals surface area contributed by atoms with Crippen molar-refractivity contribution in [2.45, 2.75) is 0 Å². The Kier molecular flexibility index (Phi) is 10.8. The van der Waals surface area contributed by atoms with E-state index in [1.54, 1.807) is 0 Å². The molecule has 0 bridgehead atoms. The average molecular weight is 472 g/mol. The topological polar surface area (TPSA) is 118 Å². The molecule has 2 rings (SSSR count). The first-order chi connectivity index (χ1) is 10.4. The van der Waals surface area contributed by atoms with Crippen LogP contribution in [-0.2, 0) is 9.13 Å². The first-order valence-electron chi connectivity index (χ1n) is 6.24. The van der Waals surface area contributed by atoms with E-state index in [9.17, 15) is 14.0 Å². The molecule has 2 aromatic rings. The molecule has 3 N–H and O–H groups in total. The summed E-state index contributed by atoms with van der Waals surface area (Å²) in [6.07, 6.45) is 0. The summed E-state index contributed by atoms with van der Waals surface area (Å²) in [5.74, 6) is 0. The second-order valence-electron chi connectivity index (χ2n) is 4.32. The third-order valence-corrected chi connectivity index (χ3v) is 4.37. The Labute approximate surface area is 146 Å². The Bertz CT molecular complexity index is 565. The minimum atomic E-state index is -3.89. The lowest BCUT2D eigenvalue weighted by molar-refractivity contribution is -0.597. The third-order valence-electron chi connectivity index (χ3n) is 1.68. The molecular weight excluding hydrogens is 453 g/mol. The van der Waals surface area contributed by atoms with E-state index < -0.39 is 15.2 Å². The van der Waals surface area contributed by atoms with Crippen LogP contribution < -0.4 is 26.1 Å². The monoisotopic (exact) mass is 472 g/mol. The summed E-state index contributed by atoms with van der Waals surface area (Å²) in [5, 5.41) is 0. The molecule has 128 valence electrons. The number of hydrogen-bond acceptors (Lipinski definition) is 3. The molecule has 0 aromatic heterocycles. The molecular formula is C14H19IO6P2. The number of benzene rings is 2.